The molecule has 0 aromatic heterocycles. The van der Waals surface area contributed by atoms with Crippen LogP contribution in [0.25, 0.3) is 0 Å². The highest BCUT2D eigenvalue weighted by molar-refractivity contribution is 6.48. The summed E-state index contributed by atoms with van der Waals surface area (Å²) in [7, 11) is 0. The van der Waals surface area contributed by atoms with Crippen molar-refractivity contribution in [1.82, 2.24) is 0 Å². The molecule has 2 aromatic rings. The maximum atomic E-state index is 6.03. The Labute approximate surface area is 129 Å². The summed E-state index contributed by atoms with van der Waals surface area (Å²) >= 11 is 29.8. The molecule has 0 heterocycles. The van der Waals surface area contributed by atoms with Crippen LogP contribution >= 0.6 is 58.0 Å². The van der Waals surface area contributed by atoms with E-state index in [1.54, 1.807) is 30.3 Å². The zero-order valence-electron chi connectivity index (χ0n) is 8.68. The number of benzene rings is 2. The Kier molecular flexibility index (Phi) is 4.52. The molecule has 0 amide bonds. The second-order valence-corrected chi connectivity index (χ2v) is 5.30. The molecule has 0 aliphatic rings. The summed E-state index contributed by atoms with van der Waals surface area (Å²) in [5, 5.41) is 1.53. The van der Waals surface area contributed by atoms with Gasteiger partial charge in [0, 0.05) is 0 Å². The van der Waals surface area contributed by atoms with Gasteiger partial charge in [0.15, 0.2) is 5.75 Å². The molecule has 6 heteroatoms. The zero-order chi connectivity index (χ0) is 13.3. The van der Waals surface area contributed by atoms with Crippen molar-refractivity contribution >= 4 is 58.0 Å². The molecule has 0 bridgehead atoms. The monoisotopic (exact) mass is 340 g/mol. The maximum Gasteiger partial charge on any atom is 0.164 e. The first-order chi connectivity index (χ1) is 8.50. The van der Waals surface area contributed by atoms with Crippen LogP contribution in [-0.2, 0) is 0 Å². The molecule has 2 aromatic carbocycles. The van der Waals surface area contributed by atoms with Gasteiger partial charge in [-0.05, 0) is 24.3 Å². The molecule has 1 nitrogen and oxygen atoms in total. The Morgan fingerprint density at radius 2 is 1.28 bits per heavy atom. The summed E-state index contributed by atoms with van der Waals surface area (Å²) in [5.74, 6) is 0.655. The molecule has 0 saturated carbocycles. The van der Waals surface area contributed by atoms with Crippen molar-refractivity contribution in [3.8, 4) is 11.5 Å². The Morgan fingerprint density at radius 1 is 0.667 bits per heavy atom. The van der Waals surface area contributed by atoms with E-state index < -0.39 is 0 Å². The molecule has 0 radical (unpaired) electrons. The first-order valence-corrected chi connectivity index (χ1v) is 6.65. The molecule has 2 rings (SSSR count). The highest BCUT2D eigenvalue weighted by Crippen LogP contribution is 2.42. The first-order valence-electron chi connectivity index (χ1n) is 4.76. The van der Waals surface area contributed by atoms with E-state index in [1.165, 1.54) is 0 Å². The van der Waals surface area contributed by atoms with Crippen LogP contribution in [0, 0.1) is 0 Å². The summed E-state index contributed by atoms with van der Waals surface area (Å²) in [5.41, 5.74) is 0. The van der Waals surface area contributed by atoms with E-state index in [1.807, 2.05) is 0 Å². The second-order valence-electron chi connectivity index (χ2n) is 3.33. The molecule has 0 aliphatic heterocycles. The molecule has 0 saturated heterocycles. The minimum atomic E-state index is 0.208. The average Bonchev–Trinajstić information content (AvgIpc) is 2.34. The van der Waals surface area contributed by atoms with Gasteiger partial charge >= 0.3 is 0 Å². The van der Waals surface area contributed by atoms with Crippen molar-refractivity contribution < 1.29 is 4.74 Å². The first kappa shape index (κ1) is 14.1. The standard InChI is InChI=1S/C12H5Cl5O/c13-6-4-5-9(11(17)10(6)16)18-12-7(14)2-1-3-8(12)15/h1-5H. The lowest BCUT2D eigenvalue weighted by Crippen LogP contribution is -1.88. The Hall–Kier alpha value is -0.310. The van der Waals surface area contributed by atoms with Crippen LogP contribution in [0.15, 0.2) is 30.3 Å². The predicted molar refractivity (Wildman–Crippen MR) is 78.0 cm³/mol. The SMILES string of the molecule is Clc1ccc(Oc2c(Cl)cccc2Cl)c(Cl)c1Cl. The third-order valence-electron chi connectivity index (χ3n) is 2.13. The normalized spacial score (nSPS) is 10.5. The van der Waals surface area contributed by atoms with Gasteiger partial charge in [-0.15, -0.1) is 0 Å². The molecular weight excluding hydrogens is 337 g/mol. The lowest BCUT2D eigenvalue weighted by atomic mass is 10.3. The third-order valence-corrected chi connectivity index (χ3v) is 4.00. The van der Waals surface area contributed by atoms with Crippen LogP contribution in [-0.4, -0.2) is 0 Å². The molecule has 94 valence electrons. The molecule has 0 N–H and O–H groups in total. The number of hydrogen-bond acceptors (Lipinski definition) is 1. The fourth-order valence-corrected chi connectivity index (χ4v) is 2.32. The van der Waals surface area contributed by atoms with Gasteiger partial charge in [-0.3, -0.25) is 0 Å². The van der Waals surface area contributed by atoms with Gasteiger partial charge in [0.05, 0.1) is 20.1 Å². The van der Waals surface area contributed by atoms with E-state index in [-0.39, 0.29) is 10.0 Å². The summed E-state index contributed by atoms with van der Waals surface area (Å²) in [6.07, 6.45) is 0. The van der Waals surface area contributed by atoms with Gasteiger partial charge in [-0.25, -0.2) is 0 Å². The number of hydrogen-bond donors (Lipinski definition) is 0. The smallest absolute Gasteiger partial charge is 0.164 e. The van der Waals surface area contributed by atoms with E-state index in [4.69, 9.17) is 62.7 Å². The molecule has 0 fully saturated rings. The Morgan fingerprint density at radius 3 is 1.89 bits per heavy atom. The lowest BCUT2D eigenvalue weighted by Gasteiger charge is -2.11. The number of ether oxygens (including phenoxy) is 1. The van der Waals surface area contributed by atoms with Crippen LogP contribution in [0.4, 0.5) is 0 Å². The summed E-state index contributed by atoms with van der Waals surface area (Å²) in [4.78, 5) is 0. The van der Waals surface area contributed by atoms with Crippen LogP contribution in [0.3, 0.4) is 0 Å². The van der Waals surface area contributed by atoms with Gasteiger partial charge in [0.1, 0.15) is 10.8 Å². The van der Waals surface area contributed by atoms with Crippen molar-refractivity contribution in [3.05, 3.63) is 55.4 Å². The van der Waals surface area contributed by atoms with E-state index in [0.29, 0.717) is 26.6 Å². The minimum Gasteiger partial charge on any atom is -0.453 e. The van der Waals surface area contributed by atoms with Crippen LogP contribution < -0.4 is 4.74 Å². The molecule has 0 aliphatic carbocycles. The Bertz CT molecular complexity index is 577. The van der Waals surface area contributed by atoms with Crippen molar-refractivity contribution in [3.63, 3.8) is 0 Å². The second kappa shape index (κ2) is 5.77. The molecule has 0 spiro atoms. The molecule has 18 heavy (non-hydrogen) atoms. The summed E-state index contributed by atoms with van der Waals surface area (Å²) in [6.45, 7) is 0. The van der Waals surface area contributed by atoms with E-state index in [9.17, 15) is 0 Å². The highest BCUT2D eigenvalue weighted by Gasteiger charge is 2.14. The quantitative estimate of drug-likeness (QED) is 0.549. The molecular formula is C12H5Cl5O. The van der Waals surface area contributed by atoms with Crippen molar-refractivity contribution in [2.24, 2.45) is 0 Å². The van der Waals surface area contributed by atoms with Gasteiger partial charge in [-0.2, -0.15) is 0 Å². The summed E-state index contributed by atoms with van der Waals surface area (Å²) < 4.78 is 5.57. The fraction of sp³-hybridized carbons (Fsp3) is 0. The Balaban J connectivity index is 2.44. The van der Waals surface area contributed by atoms with Crippen molar-refractivity contribution in [1.29, 1.82) is 0 Å². The van der Waals surface area contributed by atoms with E-state index >= 15 is 0 Å². The minimum absolute atomic E-state index is 0.208. The predicted octanol–water partition coefficient (Wildman–Crippen LogP) is 6.75. The molecule has 0 unspecified atom stereocenters. The topological polar surface area (TPSA) is 9.23 Å². The van der Waals surface area contributed by atoms with Crippen LogP contribution in [0.1, 0.15) is 0 Å². The zero-order valence-corrected chi connectivity index (χ0v) is 12.5. The van der Waals surface area contributed by atoms with Crippen molar-refractivity contribution in [2.75, 3.05) is 0 Å². The largest absolute Gasteiger partial charge is 0.453 e. The van der Waals surface area contributed by atoms with Crippen LogP contribution in [0.2, 0.25) is 25.1 Å². The fourth-order valence-electron chi connectivity index (χ4n) is 1.28. The van der Waals surface area contributed by atoms with Gasteiger partial charge in [0.25, 0.3) is 0 Å². The third kappa shape index (κ3) is 2.81. The number of rotatable bonds is 2. The van der Waals surface area contributed by atoms with Gasteiger partial charge < -0.3 is 4.74 Å². The summed E-state index contributed by atoms with van der Waals surface area (Å²) in [6, 6.07) is 8.21. The van der Waals surface area contributed by atoms with Crippen molar-refractivity contribution in [2.45, 2.75) is 0 Å². The van der Waals surface area contributed by atoms with Gasteiger partial charge in [-0.1, -0.05) is 64.1 Å². The van der Waals surface area contributed by atoms with E-state index in [2.05, 4.69) is 0 Å². The maximum absolute atomic E-state index is 6.03. The number of halogens is 5. The highest BCUT2D eigenvalue weighted by atomic mass is 35.5. The average molecular weight is 342 g/mol. The van der Waals surface area contributed by atoms with E-state index in [0.717, 1.165) is 0 Å². The van der Waals surface area contributed by atoms with Gasteiger partial charge in [0.2, 0.25) is 0 Å². The van der Waals surface area contributed by atoms with Crippen LogP contribution in [0.5, 0.6) is 11.5 Å². The number of para-hydroxylation sites is 1. The molecule has 0 atom stereocenters. The lowest BCUT2D eigenvalue weighted by molar-refractivity contribution is 0.483.